The minimum atomic E-state index is -4.70. The van der Waals surface area contributed by atoms with Crippen LogP contribution in [0, 0.1) is 0 Å². The SMILES string of the molecule is C=C(C)/C=C\C(SCC)=C(/C)c1nc2cc(C(F)(F)F)c(=O)n(C)c2s1. The van der Waals surface area contributed by atoms with Gasteiger partial charge in [-0.05, 0) is 37.3 Å². The van der Waals surface area contributed by atoms with E-state index in [0.717, 1.165) is 32.4 Å². The van der Waals surface area contributed by atoms with Gasteiger partial charge in [0.2, 0.25) is 0 Å². The van der Waals surface area contributed by atoms with Crippen molar-refractivity contribution in [2.45, 2.75) is 26.9 Å². The Kier molecular flexibility index (Phi) is 6.18. The first kappa shape index (κ1) is 20.5. The van der Waals surface area contributed by atoms with Crippen LogP contribution in [0.5, 0.6) is 0 Å². The number of nitrogens with zero attached hydrogens (tertiary/aromatic N) is 2. The Balaban J connectivity index is 2.67. The van der Waals surface area contributed by atoms with E-state index in [1.54, 1.807) is 11.8 Å². The van der Waals surface area contributed by atoms with Crippen molar-refractivity contribution >= 4 is 39.0 Å². The standard InChI is InChI=1S/C18H19F3N2OS2/c1-6-25-14(8-7-10(2)3)11(4)15-22-13-9-12(18(19,20)21)16(24)23(5)17(13)26-15/h7-9H,2,6H2,1,3-5H3/b8-7-,14-11-. The van der Waals surface area contributed by atoms with Gasteiger partial charge in [-0.2, -0.15) is 13.2 Å². The fourth-order valence-electron chi connectivity index (χ4n) is 2.25. The topological polar surface area (TPSA) is 34.9 Å². The lowest BCUT2D eigenvalue weighted by molar-refractivity contribution is -0.138. The Labute approximate surface area is 157 Å². The van der Waals surface area contributed by atoms with Crippen LogP contribution in [0.25, 0.3) is 15.9 Å². The van der Waals surface area contributed by atoms with Crippen LogP contribution in [-0.4, -0.2) is 15.3 Å². The van der Waals surface area contributed by atoms with Crippen LogP contribution in [0.2, 0.25) is 0 Å². The highest BCUT2D eigenvalue weighted by Gasteiger charge is 2.35. The van der Waals surface area contributed by atoms with Gasteiger partial charge in [-0.25, -0.2) is 4.98 Å². The maximum Gasteiger partial charge on any atom is 0.421 e. The molecule has 2 aromatic rings. The van der Waals surface area contributed by atoms with E-state index in [1.807, 2.05) is 32.9 Å². The minimum Gasteiger partial charge on any atom is -0.301 e. The van der Waals surface area contributed by atoms with E-state index in [-0.39, 0.29) is 5.52 Å². The van der Waals surface area contributed by atoms with E-state index in [1.165, 1.54) is 18.4 Å². The summed E-state index contributed by atoms with van der Waals surface area (Å²) < 4.78 is 40.2. The second kappa shape index (κ2) is 7.84. The molecule has 0 unspecified atom stereocenters. The van der Waals surface area contributed by atoms with E-state index < -0.39 is 17.3 Å². The molecule has 0 aliphatic rings. The van der Waals surface area contributed by atoms with Crippen molar-refractivity contribution in [1.82, 2.24) is 9.55 Å². The molecule has 0 amide bonds. The van der Waals surface area contributed by atoms with Crippen LogP contribution in [0.3, 0.4) is 0 Å². The van der Waals surface area contributed by atoms with Gasteiger partial charge in [0.1, 0.15) is 15.4 Å². The quantitative estimate of drug-likeness (QED) is 0.610. The molecule has 0 aromatic carbocycles. The van der Waals surface area contributed by atoms with Crippen molar-refractivity contribution in [3.05, 3.63) is 56.2 Å². The van der Waals surface area contributed by atoms with E-state index in [9.17, 15) is 18.0 Å². The molecule has 2 heterocycles. The monoisotopic (exact) mass is 400 g/mol. The fourth-order valence-corrected chi connectivity index (χ4v) is 4.13. The zero-order chi connectivity index (χ0) is 19.6. The molecule has 3 nitrogen and oxygen atoms in total. The average molecular weight is 400 g/mol. The molecule has 0 fully saturated rings. The number of hydrogen-bond acceptors (Lipinski definition) is 4. The Bertz CT molecular complexity index is 965. The maximum atomic E-state index is 13.1. The van der Waals surface area contributed by atoms with Crippen LogP contribution in [0.4, 0.5) is 13.2 Å². The minimum absolute atomic E-state index is 0.170. The zero-order valence-electron chi connectivity index (χ0n) is 14.9. The van der Waals surface area contributed by atoms with Gasteiger partial charge in [-0.1, -0.05) is 36.5 Å². The number of alkyl halides is 3. The molecule has 0 bridgehead atoms. The van der Waals surface area contributed by atoms with Crippen LogP contribution < -0.4 is 5.56 Å². The van der Waals surface area contributed by atoms with Gasteiger partial charge in [0.05, 0.1) is 5.52 Å². The summed E-state index contributed by atoms with van der Waals surface area (Å²) in [6.45, 7) is 9.61. The van der Waals surface area contributed by atoms with Gasteiger partial charge >= 0.3 is 6.18 Å². The van der Waals surface area contributed by atoms with Crippen molar-refractivity contribution in [2.75, 3.05) is 5.75 Å². The molecule has 26 heavy (non-hydrogen) atoms. The molecule has 0 N–H and O–H groups in total. The molecule has 0 aliphatic heterocycles. The molecule has 2 rings (SSSR count). The number of hydrogen-bond donors (Lipinski definition) is 0. The highest BCUT2D eigenvalue weighted by molar-refractivity contribution is 8.03. The molecule has 0 radical (unpaired) electrons. The predicted molar refractivity (Wildman–Crippen MR) is 105 cm³/mol. The van der Waals surface area contributed by atoms with Gasteiger partial charge in [0, 0.05) is 12.0 Å². The zero-order valence-corrected chi connectivity index (χ0v) is 16.5. The van der Waals surface area contributed by atoms with E-state index in [2.05, 4.69) is 11.6 Å². The van der Waals surface area contributed by atoms with Gasteiger partial charge in [0.25, 0.3) is 5.56 Å². The number of rotatable bonds is 5. The molecule has 0 atom stereocenters. The lowest BCUT2D eigenvalue weighted by Gasteiger charge is -2.07. The van der Waals surface area contributed by atoms with E-state index in [0.29, 0.717) is 9.84 Å². The van der Waals surface area contributed by atoms with Gasteiger partial charge in [-0.15, -0.1) is 11.8 Å². The van der Waals surface area contributed by atoms with Crippen molar-refractivity contribution in [1.29, 1.82) is 0 Å². The van der Waals surface area contributed by atoms with E-state index >= 15 is 0 Å². The molecule has 2 aromatic heterocycles. The summed E-state index contributed by atoms with van der Waals surface area (Å²) in [5.41, 5.74) is -0.336. The second-order valence-electron chi connectivity index (χ2n) is 5.73. The number of pyridine rings is 1. The summed E-state index contributed by atoms with van der Waals surface area (Å²) >= 11 is 2.83. The fraction of sp³-hybridized carbons (Fsp3) is 0.333. The first-order chi connectivity index (χ1) is 12.1. The second-order valence-corrected chi connectivity index (χ2v) is 8.01. The van der Waals surface area contributed by atoms with Crippen molar-refractivity contribution in [2.24, 2.45) is 7.05 Å². The number of thiazole rings is 1. The average Bonchev–Trinajstić information content (AvgIpc) is 2.97. The molecule has 0 spiro atoms. The Morgan fingerprint density at radius 3 is 2.58 bits per heavy atom. The van der Waals surface area contributed by atoms with E-state index in [4.69, 9.17) is 0 Å². The number of thioether (sulfide) groups is 1. The number of allylic oxidation sites excluding steroid dienone is 4. The van der Waals surface area contributed by atoms with Crippen molar-refractivity contribution in [3.8, 4) is 0 Å². The van der Waals surface area contributed by atoms with Gasteiger partial charge < -0.3 is 4.57 Å². The molecule has 0 aliphatic carbocycles. The summed E-state index contributed by atoms with van der Waals surface area (Å²) in [6.07, 6.45) is -0.893. The van der Waals surface area contributed by atoms with Crippen molar-refractivity contribution in [3.63, 3.8) is 0 Å². The van der Waals surface area contributed by atoms with Gasteiger partial charge in [0.15, 0.2) is 0 Å². The normalized spacial score (nSPS) is 13.5. The first-order valence-corrected chi connectivity index (χ1v) is 9.61. The third kappa shape index (κ3) is 4.29. The molecular weight excluding hydrogens is 381 g/mol. The predicted octanol–water partition coefficient (Wildman–Crippen LogP) is 5.63. The van der Waals surface area contributed by atoms with Gasteiger partial charge in [-0.3, -0.25) is 4.79 Å². The van der Waals surface area contributed by atoms with Crippen molar-refractivity contribution < 1.29 is 13.2 Å². The third-order valence-electron chi connectivity index (χ3n) is 3.57. The summed E-state index contributed by atoms with van der Waals surface area (Å²) in [4.78, 5) is 17.7. The van der Waals surface area contributed by atoms with Crippen LogP contribution in [-0.2, 0) is 13.2 Å². The van der Waals surface area contributed by atoms with Crippen LogP contribution in [0.15, 0.2) is 40.1 Å². The summed E-state index contributed by atoms with van der Waals surface area (Å²) in [5.74, 6) is 0.842. The molecule has 8 heteroatoms. The lowest BCUT2D eigenvalue weighted by atomic mass is 10.2. The van der Waals surface area contributed by atoms with Crippen LogP contribution in [0.1, 0.15) is 31.3 Å². The Morgan fingerprint density at radius 1 is 1.38 bits per heavy atom. The lowest BCUT2D eigenvalue weighted by Crippen LogP contribution is -2.26. The molecule has 140 valence electrons. The number of aromatic nitrogens is 2. The number of fused-ring (bicyclic) bond motifs is 1. The molecule has 0 saturated carbocycles. The summed E-state index contributed by atoms with van der Waals surface area (Å²) in [6, 6.07) is 0.835. The van der Waals surface area contributed by atoms with Crippen LogP contribution >= 0.6 is 23.1 Å². The first-order valence-electron chi connectivity index (χ1n) is 7.81. The summed E-state index contributed by atoms with van der Waals surface area (Å²) in [7, 11) is 1.34. The summed E-state index contributed by atoms with van der Waals surface area (Å²) in [5, 5.41) is 0.594. The highest BCUT2D eigenvalue weighted by atomic mass is 32.2. The molecular formula is C18H19F3N2OS2. The smallest absolute Gasteiger partial charge is 0.301 e. The highest BCUT2D eigenvalue weighted by Crippen LogP contribution is 2.34. The maximum absolute atomic E-state index is 13.1. The number of aryl methyl sites for hydroxylation is 1. The number of halogens is 3. The molecule has 0 saturated heterocycles. The Hall–Kier alpha value is -1.80. The third-order valence-corrected chi connectivity index (χ3v) is 5.88. The Morgan fingerprint density at radius 2 is 2.04 bits per heavy atom. The largest absolute Gasteiger partial charge is 0.421 e.